The van der Waals surface area contributed by atoms with Gasteiger partial charge in [-0.3, -0.25) is 19.8 Å². The maximum atomic E-state index is 15.1. The number of hydrazine groups is 1. The van der Waals surface area contributed by atoms with Crippen LogP contribution in [0.5, 0.6) is 5.75 Å². The number of nitrogens with one attached hydrogen (secondary N) is 3. The summed E-state index contributed by atoms with van der Waals surface area (Å²) in [5.74, 6) is -3.09. The molecule has 0 aromatic heterocycles. The molecule has 3 amide bonds. The summed E-state index contributed by atoms with van der Waals surface area (Å²) in [5.41, 5.74) is 5.26. The zero-order chi connectivity index (χ0) is 30.9. The molecule has 0 radical (unpaired) electrons. The predicted molar refractivity (Wildman–Crippen MR) is 151 cm³/mol. The lowest BCUT2D eigenvalue weighted by atomic mass is 9.84. The number of benzene rings is 2. The molecule has 3 N–H and O–H groups in total. The lowest BCUT2D eigenvalue weighted by Crippen LogP contribution is -2.56. The Morgan fingerprint density at radius 2 is 1.93 bits per heavy atom. The van der Waals surface area contributed by atoms with Crippen molar-refractivity contribution < 1.29 is 27.9 Å². The molecule has 0 bridgehead atoms. The van der Waals surface area contributed by atoms with E-state index in [4.69, 9.17) is 16.3 Å². The number of nitrogens with zero attached hydrogens (tertiary/aromatic N) is 2. The first kappa shape index (κ1) is 31.2. The van der Waals surface area contributed by atoms with Gasteiger partial charge in [-0.05, 0) is 82.9 Å². The van der Waals surface area contributed by atoms with Gasteiger partial charge in [-0.25, -0.2) is 14.2 Å². The van der Waals surface area contributed by atoms with E-state index in [1.165, 1.54) is 25.1 Å². The van der Waals surface area contributed by atoms with Gasteiger partial charge in [0.15, 0.2) is 17.7 Å². The Bertz CT molecular complexity index is 1420. The molecule has 2 aliphatic rings. The summed E-state index contributed by atoms with van der Waals surface area (Å²) in [6.07, 6.45) is 0.468. The van der Waals surface area contributed by atoms with Crippen molar-refractivity contribution in [2.75, 3.05) is 0 Å². The van der Waals surface area contributed by atoms with Crippen LogP contribution in [0.2, 0.25) is 5.02 Å². The molecule has 2 unspecified atom stereocenters. The smallest absolute Gasteiger partial charge is 0.275 e. The zero-order valence-electron chi connectivity index (χ0n) is 24.1. The summed E-state index contributed by atoms with van der Waals surface area (Å²) >= 11 is 6.03. The van der Waals surface area contributed by atoms with Crippen LogP contribution in [0, 0.1) is 35.3 Å². The Morgan fingerprint density at radius 3 is 2.57 bits per heavy atom. The molecular weight excluding hydrogens is 568 g/mol. The van der Waals surface area contributed by atoms with E-state index in [9.17, 15) is 24.0 Å². The van der Waals surface area contributed by atoms with Crippen LogP contribution < -0.4 is 20.9 Å². The molecule has 2 saturated heterocycles. The van der Waals surface area contributed by atoms with Crippen molar-refractivity contribution in [1.82, 2.24) is 21.1 Å². The lowest BCUT2D eigenvalue weighted by Gasteiger charge is -2.38. The summed E-state index contributed by atoms with van der Waals surface area (Å²) in [6.45, 7) is 8.40. The standard InChI is InChI=1S/C30H34ClF2N5O4/c1-15-10-19(13-22(33)26(15)42-24-11-16(2)36-37-28(24)40)27(39)35-17(3)29(41)38-23(8-9-25(38)30(4,5)14-34)18-6-7-21(32)20(31)12-18/h6-7,10,12-13,16-17,23-25,36H,8-9,11H2,1-5H3,(H,35,39)(H,37,40)/t16?,17-,23+,24?,25-/m1/s1. The number of rotatable bonds is 7. The van der Waals surface area contributed by atoms with Crippen molar-refractivity contribution in [3.8, 4) is 11.8 Å². The Balaban J connectivity index is 1.54. The predicted octanol–water partition coefficient (Wildman–Crippen LogP) is 4.49. The average Bonchev–Trinajstić information content (AvgIpc) is 3.39. The number of nitriles is 1. The summed E-state index contributed by atoms with van der Waals surface area (Å²) in [7, 11) is 0. The molecule has 224 valence electrons. The van der Waals surface area contributed by atoms with Crippen molar-refractivity contribution in [2.45, 2.75) is 84.2 Å². The Morgan fingerprint density at radius 1 is 1.21 bits per heavy atom. The number of ether oxygens (including phenoxy) is 1. The van der Waals surface area contributed by atoms with E-state index >= 15 is 4.39 Å². The van der Waals surface area contributed by atoms with Gasteiger partial charge < -0.3 is 15.0 Å². The van der Waals surface area contributed by atoms with Crippen molar-refractivity contribution in [1.29, 1.82) is 5.26 Å². The van der Waals surface area contributed by atoms with Crippen LogP contribution in [-0.2, 0) is 9.59 Å². The van der Waals surface area contributed by atoms with E-state index in [0.717, 1.165) is 6.07 Å². The van der Waals surface area contributed by atoms with E-state index in [2.05, 4.69) is 22.2 Å². The number of amides is 3. The number of likely N-dealkylation sites (tertiary alicyclic amines) is 1. The third-order valence-electron chi connectivity index (χ3n) is 7.86. The molecule has 0 saturated carbocycles. The van der Waals surface area contributed by atoms with Gasteiger partial charge >= 0.3 is 0 Å². The first-order valence-electron chi connectivity index (χ1n) is 13.7. The van der Waals surface area contributed by atoms with Gasteiger partial charge in [-0.1, -0.05) is 17.7 Å². The van der Waals surface area contributed by atoms with Crippen LogP contribution in [0.15, 0.2) is 30.3 Å². The number of hydrogen-bond acceptors (Lipinski definition) is 6. The summed E-state index contributed by atoms with van der Waals surface area (Å²) in [5, 5.41) is 12.4. The highest BCUT2D eigenvalue weighted by atomic mass is 35.5. The molecule has 42 heavy (non-hydrogen) atoms. The first-order chi connectivity index (χ1) is 19.7. The average molecular weight is 602 g/mol. The van der Waals surface area contributed by atoms with Gasteiger partial charge in [0.25, 0.3) is 11.8 Å². The fraction of sp³-hybridized carbons (Fsp3) is 0.467. The quantitative estimate of drug-likeness (QED) is 0.430. The molecule has 0 spiro atoms. The minimum Gasteiger partial charge on any atom is -0.477 e. The van der Waals surface area contributed by atoms with Gasteiger partial charge in [0.1, 0.15) is 11.9 Å². The van der Waals surface area contributed by atoms with Crippen molar-refractivity contribution in [3.05, 3.63) is 63.7 Å². The van der Waals surface area contributed by atoms with Gasteiger partial charge in [0.2, 0.25) is 5.91 Å². The second-order valence-electron chi connectivity index (χ2n) is 11.5. The van der Waals surface area contributed by atoms with Crippen LogP contribution >= 0.6 is 11.6 Å². The number of carbonyl (C=O) groups excluding carboxylic acids is 3. The van der Waals surface area contributed by atoms with Crippen molar-refractivity contribution in [3.63, 3.8) is 0 Å². The maximum Gasteiger partial charge on any atom is 0.275 e. The molecule has 2 fully saturated rings. The Labute approximate surface area is 248 Å². The minimum atomic E-state index is -1.04. The molecule has 9 nitrogen and oxygen atoms in total. The van der Waals surface area contributed by atoms with Crippen molar-refractivity contribution >= 4 is 29.3 Å². The number of halogens is 3. The van der Waals surface area contributed by atoms with Crippen LogP contribution in [-0.4, -0.2) is 46.9 Å². The van der Waals surface area contributed by atoms with Crippen LogP contribution in [0.1, 0.15) is 74.5 Å². The summed E-state index contributed by atoms with van der Waals surface area (Å²) < 4.78 is 34.7. The molecule has 2 aromatic rings. The topological polar surface area (TPSA) is 124 Å². The highest BCUT2D eigenvalue weighted by molar-refractivity contribution is 6.30. The molecule has 5 atom stereocenters. The van der Waals surface area contributed by atoms with E-state index < -0.39 is 59.0 Å². The van der Waals surface area contributed by atoms with Crippen LogP contribution in [0.25, 0.3) is 0 Å². The highest BCUT2D eigenvalue weighted by Gasteiger charge is 2.46. The lowest BCUT2D eigenvalue weighted by molar-refractivity contribution is -0.137. The number of aryl methyl sites for hydroxylation is 1. The Hall–Kier alpha value is -3.75. The molecular formula is C30H34ClF2N5O4. The van der Waals surface area contributed by atoms with E-state index in [1.54, 1.807) is 31.7 Å². The normalized spacial score (nSPS) is 23.1. The number of hydrogen-bond donors (Lipinski definition) is 3. The van der Waals surface area contributed by atoms with Gasteiger partial charge in [-0.15, -0.1) is 0 Å². The molecule has 2 aliphatic heterocycles. The third-order valence-corrected chi connectivity index (χ3v) is 8.15. The fourth-order valence-electron chi connectivity index (χ4n) is 5.53. The summed E-state index contributed by atoms with van der Waals surface area (Å²) in [4.78, 5) is 40.7. The molecule has 2 aromatic carbocycles. The molecule has 2 heterocycles. The van der Waals surface area contributed by atoms with Gasteiger partial charge in [0.05, 0.1) is 28.6 Å². The fourth-order valence-corrected chi connectivity index (χ4v) is 5.72. The van der Waals surface area contributed by atoms with Crippen LogP contribution in [0.3, 0.4) is 0 Å². The van der Waals surface area contributed by atoms with Crippen LogP contribution in [0.4, 0.5) is 8.78 Å². The summed E-state index contributed by atoms with van der Waals surface area (Å²) in [6, 6.07) is 6.87. The van der Waals surface area contributed by atoms with E-state index in [1.807, 2.05) is 6.92 Å². The number of carbonyl (C=O) groups is 3. The van der Waals surface area contributed by atoms with E-state index in [0.29, 0.717) is 30.4 Å². The van der Waals surface area contributed by atoms with E-state index in [-0.39, 0.29) is 22.4 Å². The molecule has 4 rings (SSSR count). The second-order valence-corrected chi connectivity index (χ2v) is 11.9. The second kappa shape index (κ2) is 12.2. The third kappa shape index (κ3) is 6.35. The van der Waals surface area contributed by atoms with Gasteiger partial charge in [-0.2, -0.15) is 5.26 Å². The largest absolute Gasteiger partial charge is 0.477 e. The zero-order valence-corrected chi connectivity index (χ0v) is 24.8. The van der Waals surface area contributed by atoms with Gasteiger partial charge in [0, 0.05) is 18.0 Å². The minimum absolute atomic E-state index is 0.0303. The molecule has 12 heteroatoms. The highest BCUT2D eigenvalue weighted by Crippen LogP contribution is 2.44. The Kier molecular flexibility index (Phi) is 9.09. The monoisotopic (exact) mass is 601 g/mol. The SMILES string of the molecule is Cc1cc(C(=O)N[C@H](C)C(=O)N2[C@H](c3ccc(F)c(Cl)c3)CC[C@@H]2C(C)(C)C#N)cc(F)c1OC1CC(C)NNC1=O. The molecule has 0 aliphatic carbocycles. The first-order valence-corrected chi connectivity index (χ1v) is 14.1. The maximum absolute atomic E-state index is 15.1. The van der Waals surface area contributed by atoms with Crippen molar-refractivity contribution in [2.24, 2.45) is 5.41 Å².